The number of fused-ring (bicyclic) bond motifs is 3. The monoisotopic (exact) mass is 707 g/mol. The van der Waals surface area contributed by atoms with Gasteiger partial charge in [-0.15, -0.1) is 20.5 Å². The summed E-state index contributed by atoms with van der Waals surface area (Å²) in [5.74, 6) is -0.181. The number of hydrogen-bond acceptors (Lipinski definition) is 12. The molecule has 0 amide bonds. The minimum atomic E-state index is -4.94. The molecule has 0 aliphatic rings. The molecule has 0 bridgehead atoms. The highest BCUT2D eigenvalue weighted by atomic mass is 32.2. The van der Waals surface area contributed by atoms with Crippen LogP contribution in [0.5, 0.6) is 5.75 Å². The first-order valence-corrected chi connectivity index (χ1v) is 17.7. The first-order valence-electron chi connectivity index (χ1n) is 13.4. The fourth-order valence-electron chi connectivity index (χ4n) is 4.99. The third-order valence-corrected chi connectivity index (χ3v) is 9.86. The molecule has 18 heteroatoms. The number of nitrogens with zero attached hydrogens (tertiary/aromatic N) is 4. The minimum absolute atomic E-state index is 0.0154. The van der Waals surface area contributed by atoms with E-state index in [1.54, 1.807) is 24.3 Å². The smallest absolute Gasteiger partial charge is 0.296 e. The van der Waals surface area contributed by atoms with Crippen molar-refractivity contribution in [3.63, 3.8) is 0 Å². The maximum atomic E-state index is 12.3. The van der Waals surface area contributed by atoms with Gasteiger partial charge in [0.05, 0.1) is 21.2 Å². The normalized spacial score (nSPS) is 13.0. The maximum Gasteiger partial charge on any atom is 0.296 e. The van der Waals surface area contributed by atoms with E-state index in [1.165, 1.54) is 36.4 Å². The van der Waals surface area contributed by atoms with Gasteiger partial charge in [0.2, 0.25) is 0 Å². The molecule has 0 unspecified atom stereocenters. The summed E-state index contributed by atoms with van der Waals surface area (Å²) in [6, 6.07) is 20.0. The molecular formula is C30H21N5O10S3. The van der Waals surface area contributed by atoms with Crippen molar-refractivity contribution in [3.8, 4) is 5.75 Å². The zero-order chi connectivity index (χ0) is 34.6. The van der Waals surface area contributed by atoms with Crippen molar-refractivity contribution in [2.75, 3.05) is 5.73 Å². The number of benzene rings is 6. The molecule has 6 aromatic rings. The van der Waals surface area contributed by atoms with E-state index in [0.717, 1.165) is 30.3 Å². The average molecular weight is 708 g/mol. The predicted octanol–water partition coefficient (Wildman–Crippen LogP) is 7.00. The van der Waals surface area contributed by atoms with Gasteiger partial charge in [-0.25, -0.2) is 0 Å². The Bertz CT molecular complexity index is 2730. The molecule has 0 radical (unpaired) electrons. The largest absolute Gasteiger partial charge is 0.506 e. The van der Waals surface area contributed by atoms with Crippen molar-refractivity contribution in [3.05, 3.63) is 91.0 Å². The molecule has 0 atom stereocenters. The number of azo groups is 2. The summed E-state index contributed by atoms with van der Waals surface area (Å²) in [5, 5.41) is 28.9. The van der Waals surface area contributed by atoms with Crippen LogP contribution in [0.15, 0.2) is 126 Å². The van der Waals surface area contributed by atoms with E-state index < -0.39 is 45.0 Å². The van der Waals surface area contributed by atoms with Crippen molar-refractivity contribution < 1.29 is 44.0 Å². The van der Waals surface area contributed by atoms with Crippen molar-refractivity contribution in [2.24, 2.45) is 20.5 Å². The van der Waals surface area contributed by atoms with Gasteiger partial charge in [0.1, 0.15) is 22.0 Å². The molecule has 0 saturated heterocycles. The van der Waals surface area contributed by atoms with E-state index in [2.05, 4.69) is 20.5 Å². The summed E-state index contributed by atoms with van der Waals surface area (Å²) in [7, 11) is -14.2. The van der Waals surface area contributed by atoms with Crippen LogP contribution in [0.25, 0.3) is 32.3 Å². The first-order chi connectivity index (χ1) is 22.5. The lowest BCUT2D eigenvalue weighted by Gasteiger charge is -2.09. The topological polar surface area (TPSA) is 259 Å². The molecule has 0 heterocycles. The molecular weight excluding hydrogens is 687 g/mol. The molecule has 0 aliphatic heterocycles. The SMILES string of the molecule is Nc1cccc2c(N=Nc3ccc(N=Nc4cc5ccc(S(=O)(=O)O)cc5cc4S(=O)(=O)O)c4cc(S(=O)(=O)O)ccc34)c(O)ccc12. The van der Waals surface area contributed by atoms with E-state index >= 15 is 0 Å². The molecule has 0 aliphatic carbocycles. The Balaban J connectivity index is 1.50. The van der Waals surface area contributed by atoms with Crippen molar-refractivity contribution in [1.82, 2.24) is 0 Å². The number of rotatable bonds is 7. The molecule has 0 aromatic heterocycles. The Morgan fingerprint density at radius 1 is 0.500 bits per heavy atom. The molecule has 6 rings (SSSR count). The van der Waals surface area contributed by atoms with Crippen LogP contribution in [0.1, 0.15) is 0 Å². The Hall–Kier alpha value is -5.37. The van der Waals surface area contributed by atoms with E-state index in [-0.39, 0.29) is 50.0 Å². The number of phenols is 1. The van der Waals surface area contributed by atoms with E-state index in [1.807, 2.05) is 0 Å². The molecule has 0 fully saturated rings. The standard InChI is InChI=1S/C30H21N5O10S3/c31-24-3-1-2-22-20(24)8-11-28(36)30(22)35-33-25-9-10-26(23-15-19(47(40,41)42)6-7-21(23)25)32-34-27-13-16-4-5-18(46(37,38)39)12-17(16)14-29(27)48(43,44)45/h1-15,36H,31H2,(H,37,38,39)(H,40,41,42)(H,43,44,45). The maximum absolute atomic E-state index is 12.3. The minimum Gasteiger partial charge on any atom is -0.506 e. The number of nitrogens with two attached hydrogens (primary N) is 1. The Morgan fingerprint density at radius 2 is 1.10 bits per heavy atom. The second-order valence-electron chi connectivity index (χ2n) is 10.3. The van der Waals surface area contributed by atoms with Crippen LogP contribution in [0.4, 0.5) is 28.4 Å². The van der Waals surface area contributed by atoms with Gasteiger partial charge in [0.25, 0.3) is 30.4 Å². The van der Waals surface area contributed by atoms with E-state index in [4.69, 9.17) is 5.73 Å². The highest BCUT2D eigenvalue weighted by molar-refractivity contribution is 7.86. The Kier molecular flexibility index (Phi) is 7.94. The summed E-state index contributed by atoms with van der Waals surface area (Å²) in [6.45, 7) is 0. The fourth-order valence-corrected chi connectivity index (χ4v) is 6.65. The van der Waals surface area contributed by atoms with Crippen LogP contribution in [0.2, 0.25) is 0 Å². The van der Waals surface area contributed by atoms with Crippen molar-refractivity contribution in [1.29, 1.82) is 0 Å². The number of nitrogen functional groups attached to an aromatic ring is 1. The molecule has 6 N–H and O–H groups in total. The van der Waals surface area contributed by atoms with Gasteiger partial charge >= 0.3 is 0 Å². The number of hydrogen-bond donors (Lipinski definition) is 5. The quantitative estimate of drug-likeness (QED) is 0.0640. The zero-order valence-electron chi connectivity index (χ0n) is 24.0. The summed E-state index contributed by atoms with van der Waals surface area (Å²) in [4.78, 5) is -1.75. The third kappa shape index (κ3) is 6.30. The third-order valence-electron chi connectivity index (χ3n) is 7.27. The van der Waals surface area contributed by atoms with E-state index in [0.29, 0.717) is 16.5 Å². The lowest BCUT2D eigenvalue weighted by molar-refractivity contribution is 0.477. The lowest BCUT2D eigenvalue weighted by Crippen LogP contribution is -2.00. The van der Waals surface area contributed by atoms with Gasteiger partial charge in [0.15, 0.2) is 0 Å². The van der Waals surface area contributed by atoms with Gasteiger partial charge in [-0.05, 0) is 77.5 Å². The van der Waals surface area contributed by atoms with Crippen LogP contribution in [0, 0.1) is 0 Å². The van der Waals surface area contributed by atoms with Gasteiger partial charge in [-0.3, -0.25) is 13.7 Å². The van der Waals surface area contributed by atoms with E-state index in [9.17, 15) is 44.0 Å². The molecule has 15 nitrogen and oxygen atoms in total. The summed E-state index contributed by atoms with van der Waals surface area (Å²) in [6.07, 6.45) is 0. The number of aromatic hydroxyl groups is 1. The van der Waals surface area contributed by atoms with Crippen LogP contribution in [-0.4, -0.2) is 44.0 Å². The van der Waals surface area contributed by atoms with Gasteiger partial charge in [0, 0.05) is 27.2 Å². The van der Waals surface area contributed by atoms with Crippen LogP contribution < -0.4 is 5.73 Å². The fraction of sp³-hybridized carbons (Fsp3) is 0. The van der Waals surface area contributed by atoms with Crippen LogP contribution >= 0.6 is 0 Å². The molecule has 244 valence electrons. The van der Waals surface area contributed by atoms with Crippen LogP contribution in [0.3, 0.4) is 0 Å². The van der Waals surface area contributed by atoms with Crippen molar-refractivity contribution >= 4 is 91.1 Å². The van der Waals surface area contributed by atoms with Gasteiger partial charge < -0.3 is 10.8 Å². The summed E-state index contributed by atoms with van der Waals surface area (Å²) in [5.41, 5.74) is 6.43. The van der Waals surface area contributed by atoms with Gasteiger partial charge in [-0.1, -0.05) is 24.3 Å². The lowest BCUT2D eigenvalue weighted by atomic mass is 10.1. The summed E-state index contributed by atoms with van der Waals surface area (Å²) < 4.78 is 101. The zero-order valence-corrected chi connectivity index (χ0v) is 26.4. The Labute approximate surface area is 272 Å². The van der Waals surface area contributed by atoms with Crippen LogP contribution in [-0.2, 0) is 30.4 Å². The first kappa shape index (κ1) is 32.6. The Morgan fingerprint density at radius 3 is 1.79 bits per heavy atom. The molecule has 0 spiro atoms. The summed E-state index contributed by atoms with van der Waals surface area (Å²) >= 11 is 0. The molecule has 48 heavy (non-hydrogen) atoms. The number of phenolic OH excluding ortho intramolecular Hbond substituents is 1. The predicted molar refractivity (Wildman–Crippen MR) is 176 cm³/mol. The second-order valence-corrected chi connectivity index (χ2v) is 14.6. The highest BCUT2D eigenvalue weighted by Crippen LogP contribution is 2.41. The average Bonchev–Trinajstić information content (AvgIpc) is 3.01. The molecule has 6 aromatic carbocycles. The molecule has 0 saturated carbocycles. The van der Waals surface area contributed by atoms with Crippen molar-refractivity contribution in [2.45, 2.75) is 14.7 Å². The highest BCUT2D eigenvalue weighted by Gasteiger charge is 2.20. The van der Waals surface area contributed by atoms with Gasteiger partial charge in [-0.2, -0.15) is 25.3 Å². The second kappa shape index (κ2) is 11.7. The number of anilines is 1.